The van der Waals surface area contributed by atoms with Gasteiger partial charge in [-0.25, -0.2) is 0 Å². The van der Waals surface area contributed by atoms with E-state index in [2.05, 4.69) is 0 Å². The first-order valence-electron chi connectivity index (χ1n) is 5.17. The molecule has 2 nitrogen and oxygen atoms in total. The molecule has 0 radical (unpaired) electrons. The van der Waals surface area contributed by atoms with Crippen molar-refractivity contribution in [1.29, 1.82) is 0 Å². The molecule has 0 aromatic heterocycles. The zero-order chi connectivity index (χ0) is 11.0. The zero-order valence-electron chi connectivity index (χ0n) is 9.23. The number of carbonyl (C=O) groups is 1. The predicted octanol–water partition coefficient (Wildman–Crippen LogP) is 2.48. The molecule has 0 saturated carbocycles. The van der Waals surface area contributed by atoms with Crippen molar-refractivity contribution in [2.75, 3.05) is 0 Å². The molecule has 2 atom stereocenters. The number of aliphatic hydroxyl groups excluding tert-OH is 1. The third kappa shape index (κ3) is 5.70. The Labute approximate surface area is 86.3 Å². The molecule has 0 saturated heterocycles. The average Bonchev–Trinajstić information content (AvgIpc) is 2.22. The third-order valence-electron chi connectivity index (χ3n) is 2.18. The van der Waals surface area contributed by atoms with E-state index in [1.165, 1.54) is 0 Å². The largest absolute Gasteiger partial charge is 0.393 e. The van der Waals surface area contributed by atoms with Crippen LogP contribution in [-0.4, -0.2) is 17.0 Å². The van der Waals surface area contributed by atoms with Gasteiger partial charge in [-0.1, -0.05) is 39.0 Å². The van der Waals surface area contributed by atoms with Crippen molar-refractivity contribution in [1.82, 2.24) is 0 Å². The van der Waals surface area contributed by atoms with E-state index in [4.69, 9.17) is 0 Å². The summed E-state index contributed by atoms with van der Waals surface area (Å²) in [6.45, 7) is 5.74. The molecule has 0 aromatic carbocycles. The number of ketones is 1. The SMILES string of the molecule is CCC(=O)C=CC=CC(C)C(O)CC. The Hall–Kier alpha value is -0.890. The van der Waals surface area contributed by atoms with Crippen LogP contribution in [0.5, 0.6) is 0 Å². The van der Waals surface area contributed by atoms with Gasteiger partial charge in [0.15, 0.2) is 5.78 Å². The van der Waals surface area contributed by atoms with Gasteiger partial charge in [0.2, 0.25) is 0 Å². The monoisotopic (exact) mass is 196 g/mol. The van der Waals surface area contributed by atoms with Gasteiger partial charge in [-0.05, 0) is 12.5 Å². The fourth-order valence-electron chi connectivity index (χ4n) is 1.02. The number of aliphatic hydroxyl groups is 1. The lowest BCUT2D eigenvalue weighted by Gasteiger charge is -2.11. The average molecular weight is 196 g/mol. The lowest BCUT2D eigenvalue weighted by atomic mass is 10.0. The van der Waals surface area contributed by atoms with Crippen LogP contribution in [0.4, 0.5) is 0 Å². The Morgan fingerprint density at radius 3 is 2.50 bits per heavy atom. The van der Waals surface area contributed by atoms with Gasteiger partial charge >= 0.3 is 0 Å². The second kappa shape index (κ2) is 7.51. The second-order valence-electron chi connectivity index (χ2n) is 3.40. The van der Waals surface area contributed by atoms with Gasteiger partial charge in [-0.3, -0.25) is 4.79 Å². The summed E-state index contributed by atoms with van der Waals surface area (Å²) in [4.78, 5) is 10.9. The standard InChI is InChI=1S/C12H20O2/c1-4-11(13)9-7-6-8-10(3)12(14)5-2/h6-10,12,14H,4-5H2,1-3H3. The highest BCUT2D eigenvalue weighted by Crippen LogP contribution is 2.07. The molecule has 0 heterocycles. The molecule has 0 spiro atoms. The van der Waals surface area contributed by atoms with Crippen LogP contribution in [0.2, 0.25) is 0 Å². The van der Waals surface area contributed by atoms with Crippen LogP contribution < -0.4 is 0 Å². The number of hydrogen-bond acceptors (Lipinski definition) is 2. The summed E-state index contributed by atoms with van der Waals surface area (Å²) in [5.74, 6) is 0.264. The summed E-state index contributed by atoms with van der Waals surface area (Å²) < 4.78 is 0. The van der Waals surface area contributed by atoms with E-state index in [-0.39, 0.29) is 17.8 Å². The predicted molar refractivity (Wildman–Crippen MR) is 59.0 cm³/mol. The smallest absolute Gasteiger partial charge is 0.155 e. The summed E-state index contributed by atoms with van der Waals surface area (Å²) in [5, 5.41) is 9.44. The van der Waals surface area contributed by atoms with E-state index in [0.717, 1.165) is 6.42 Å². The quantitative estimate of drug-likeness (QED) is 0.523. The van der Waals surface area contributed by atoms with Crippen LogP contribution in [0.3, 0.4) is 0 Å². The van der Waals surface area contributed by atoms with Crippen molar-refractivity contribution < 1.29 is 9.90 Å². The molecule has 2 heteroatoms. The van der Waals surface area contributed by atoms with E-state index in [1.54, 1.807) is 12.2 Å². The van der Waals surface area contributed by atoms with E-state index in [0.29, 0.717) is 6.42 Å². The van der Waals surface area contributed by atoms with Crippen LogP contribution in [-0.2, 0) is 4.79 Å². The van der Waals surface area contributed by atoms with Crippen LogP contribution in [0.1, 0.15) is 33.6 Å². The van der Waals surface area contributed by atoms with Crippen molar-refractivity contribution >= 4 is 5.78 Å². The Bertz CT molecular complexity index is 216. The van der Waals surface area contributed by atoms with Gasteiger partial charge in [0.05, 0.1) is 6.10 Å². The fourth-order valence-corrected chi connectivity index (χ4v) is 1.02. The van der Waals surface area contributed by atoms with Crippen molar-refractivity contribution in [3.8, 4) is 0 Å². The summed E-state index contributed by atoms with van der Waals surface area (Å²) in [6, 6.07) is 0. The molecule has 80 valence electrons. The van der Waals surface area contributed by atoms with Gasteiger partial charge in [-0.2, -0.15) is 0 Å². The van der Waals surface area contributed by atoms with Crippen LogP contribution in [0.25, 0.3) is 0 Å². The minimum absolute atomic E-state index is 0.123. The Morgan fingerprint density at radius 2 is 2.00 bits per heavy atom. The zero-order valence-corrected chi connectivity index (χ0v) is 9.23. The molecule has 0 aliphatic heterocycles. The highest BCUT2D eigenvalue weighted by atomic mass is 16.3. The number of rotatable bonds is 6. The van der Waals surface area contributed by atoms with Crippen molar-refractivity contribution in [2.45, 2.75) is 39.7 Å². The van der Waals surface area contributed by atoms with E-state index < -0.39 is 0 Å². The van der Waals surface area contributed by atoms with Crippen LogP contribution >= 0.6 is 0 Å². The van der Waals surface area contributed by atoms with E-state index in [9.17, 15) is 9.90 Å². The molecular weight excluding hydrogens is 176 g/mol. The molecule has 0 aromatic rings. The number of hydrogen-bond donors (Lipinski definition) is 1. The summed E-state index contributed by atoms with van der Waals surface area (Å²) in [7, 11) is 0. The van der Waals surface area contributed by atoms with Gasteiger partial charge in [0.25, 0.3) is 0 Å². The lowest BCUT2D eigenvalue weighted by Crippen LogP contribution is -2.13. The molecule has 14 heavy (non-hydrogen) atoms. The third-order valence-corrected chi connectivity index (χ3v) is 2.18. The normalized spacial score (nSPS) is 16.3. The van der Waals surface area contributed by atoms with E-state index >= 15 is 0 Å². The second-order valence-corrected chi connectivity index (χ2v) is 3.40. The minimum Gasteiger partial charge on any atom is -0.393 e. The Balaban J connectivity index is 3.93. The van der Waals surface area contributed by atoms with Crippen LogP contribution in [0, 0.1) is 5.92 Å². The molecule has 0 aliphatic rings. The van der Waals surface area contributed by atoms with Gasteiger partial charge in [0, 0.05) is 12.3 Å². The van der Waals surface area contributed by atoms with Gasteiger partial charge in [-0.15, -0.1) is 0 Å². The molecule has 2 unspecified atom stereocenters. The maximum atomic E-state index is 10.9. The first kappa shape index (κ1) is 13.1. The fraction of sp³-hybridized carbons (Fsp3) is 0.583. The maximum Gasteiger partial charge on any atom is 0.155 e. The topological polar surface area (TPSA) is 37.3 Å². The van der Waals surface area contributed by atoms with E-state index in [1.807, 2.05) is 32.9 Å². The molecule has 0 bridgehead atoms. The summed E-state index contributed by atoms with van der Waals surface area (Å²) >= 11 is 0. The minimum atomic E-state index is -0.290. The van der Waals surface area contributed by atoms with Gasteiger partial charge in [0.1, 0.15) is 0 Å². The molecule has 0 amide bonds. The maximum absolute atomic E-state index is 10.9. The van der Waals surface area contributed by atoms with Crippen molar-refractivity contribution in [3.63, 3.8) is 0 Å². The highest BCUT2D eigenvalue weighted by molar-refractivity contribution is 5.89. The number of allylic oxidation sites excluding steroid dienone is 3. The summed E-state index contributed by atoms with van der Waals surface area (Å²) in [5.41, 5.74) is 0. The van der Waals surface area contributed by atoms with Crippen LogP contribution in [0.15, 0.2) is 24.3 Å². The molecule has 0 fully saturated rings. The van der Waals surface area contributed by atoms with Crippen molar-refractivity contribution in [2.24, 2.45) is 5.92 Å². The molecule has 0 aliphatic carbocycles. The Kier molecular flexibility index (Phi) is 7.03. The first-order chi connectivity index (χ1) is 6.61. The number of carbonyl (C=O) groups excluding carboxylic acids is 1. The molecule has 1 N–H and O–H groups in total. The first-order valence-corrected chi connectivity index (χ1v) is 5.17. The molecular formula is C12H20O2. The summed E-state index contributed by atoms with van der Waals surface area (Å²) in [6.07, 6.45) is 8.01. The lowest BCUT2D eigenvalue weighted by molar-refractivity contribution is -0.114. The highest BCUT2D eigenvalue weighted by Gasteiger charge is 2.06. The Morgan fingerprint density at radius 1 is 1.36 bits per heavy atom. The van der Waals surface area contributed by atoms with Crippen molar-refractivity contribution in [3.05, 3.63) is 24.3 Å². The molecule has 0 rings (SSSR count). The van der Waals surface area contributed by atoms with Gasteiger partial charge < -0.3 is 5.11 Å².